The van der Waals surface area contributed by atoms with Gasteiger partial charge >= 0.3 is 5.97 Å². The number of esters is 1. The summed E-state index contributed by atoms with van der Waals surface area (Å²) >= 11 is 4.94. The van der Waals surface area contributed by atoms with Gasteiger partial charge in [-0.15, -0.1) is 0 Å². The van der Waals surface area contributed by atoms with Gasteiger partial charge in [0, 0.05) is 5.71 Å². The maximum atomic E-state index is 12.4. The lowest BCUT2D eigenvalue weighted by Crippen LogP contribution is -2.14. The number of hydrogen-bond acceptors (Lipinski definition) is 6. The van der Waals surface area contributed by atoms with Crippen LogP contribution in [0.4, 0.5) is 5.69 Å². The highest BCUT2D eigenvalue weighted by Gasteiger charge is 2.33. The summed E-state index contributed by atoms with van der Waals surface area (Å²) in [6, 6.07) is 15.3. The molecule has 0 N–H and O–H groups in total. The monoisotopic (exact) mass is 425 g/mol. The minimum atomic E-state index is -0.448. The van der Waals surface area contributed by atoms with Crippen LogP contribution < -0.4 is 4.74 Å². The quantitative estimate of drug-likeness (QED) is 0.192. The first-order valence-corrected chi connectivity index (χ1v) is 10.5. The van der Waals surface area contributed by atoms with Gasteiger partial charge in [-0.05, 0) is 61.1 Å². The van der Waals surface area contributed by atoms with Crippen LogP contribution in [0.15, 0.2) is 59.8 Å². The maximum absolute atomic E-state index is 12.4. The van der Waals surface area contributed by atoms with E-state index in [9.17, 15) is 4.79 Å². The van der Waals surface area contributed by atoms with E-state index in [1.165, 1.54) is 13.4 Å². The fourth-order valence-electron chi connectivity index (χ4n) is 3.20. The molecule has 1 unspecified atom stereocenters. The van der Waals surface area contributed by atoms with E-state index in [2.05, 4.69) is 0 Å². The molecule has 0 heterocycles. The predicted octanol–water partition coefficient (Wildman–Crippen LogP) is 5.40. The van der Waals surface area contributed by atoms with E-state index < -0.39 is 5.97 Å². The molecule has 3 rings (SSSR count). The largest absolute Gasteiger partial charge is 0.501 e. The molecule has 1 aliphatic carbocycles. The summed E-state index contributed by atoms with van der Waals surface area (Å²) in [5.74, 6) is 0.732. The van der Waals surface area contributed by atoms with Gasteiger partial charge < -0.3 is 14.2 Å². The molecule has 0 saturated heterocycles. The Morgan fingerprint density at radius 1 is 1.17 bits per heavy atom. The van der Waals surface area contributed by atoms with Crippen molar-refractivity contribution in [3.05, 3.63) is 65.9 Å². The summed E-state index contributed by atoms with van der Waals surface area (Å²) in [5.41, 5.74) is 3.86. The standard InChI is InChI=1S/C24H27NO4S/c1-4-29-15-21(24(26)28-3)19-7-5-6-8-20(19)23(30)22(16-9-10-16)25-17-11-13-18(27-2)14-12-17/h5-8,11-16,23,30H,4,9-10H2,1-3H3. The molecule has 1 aliphatic rings. The second-order valence-corrected chi connectivity index (χ2v) is 7.49. The van der Waals surface area contributed by atoms with Gasteiger partial charge in [0.15, 0.2) is 0 Å². The van der Waals surface area contributed by atoms with Crippen molar-refractivity contribution in [1.29, 1.82) is 0 Å². The van der Waals surface area contributed by atoms with Crippen molar-refractivity contribution in [1.82, 2.24) is 0 Å². The number of aliphatic imine (C=N–C) groups is 1. The first-order valence-electron chi connectivity index (χ1n) is 9.99. The molecule has 0 radical (unpaired) electrons. The zero-order valence-electron chi connectivity index (χ0n) is 17.5. The van der Waals surface area contributed by atoms with Crippen LogP contribution in [-0.2, 0) is 14.3 Å². The Balaban J connectivity index is 2.01. The molecule has 6 heteroatoms. The topological polar surface area (TPSA) is 57.1 Å². The molecule has 0 aliphatic heterocycles. The first-order chi connectivity index (χ1) is 14.6. The molecule has 0 spiro atoms. The van der Waals surface area contributed by atoms with Crippen LogP contribution >= 0.6 is 12.6 Å². The van der Waals surface area contributed by atoms with E-state index in [1.54, 1.807) is 7.11 Å². The van der Waals surface area contributed by atoms with Crippen LogP contribution in [0.1, 0.15) is 36.1 Å². The van der Waals surface area contributed by atoms with Crippen molar-refractivity contribution in [2.45, 2.75) is 25.0 Å². The van der Waals surface area contributed by atoms with E-state index in [4.69, 9.17) is 31.8 Å². The van der Waals surface area contributed by atoms with E-state index in [-0.39, 0.29) is 5.25 Å². The average molecular weight is 426 g/mol. The lowest BCUT2D eigenvalue weighted by Gasteiger charge is -2.19. The number of ether oxygens (including phenoxy) is 3. The second-order valence-electron chi connectivity index (χ2n) is 6.98. The van der Waals surface area contributed by atoms with Crippen molar-refractivity contribution >= 4 is 35.6 Å². The average Bonchev–Trinajstić information content (AvgIpc) is 3.63. The van der Waals surface area contributed by atoms with Crippen LogP contribution in [-0.4, -0.2) is 32.5 Å². The number of carbonyl (C=O) groups excluding carboxylic acids is 1. The zero-order valence-corrected chi connectivity index (χ0v) is 18.4. The summed E-state index contributed by atoms with van der Waals surface area (Å²) in [4.78, 5) is 17.3. The number of carbonyl (C=O) groups is 1. The third kappa shape index (κ3) is 5.25. The summed E-state index contributed by atoms with van der Waals surface area (Å²) in [5, 5.41) is -0.259. The zero-order chi connectivity index (χ0) is 21.5. The molecule has 5 nitrogen and oxygen atoms in total. The highest BCUT2D eigenvalue weighted by atomic mass is 32.1. The van der Waals surface area contributed by atoms with Crippen LogP contribution in [0.25, 0.3) is 5.57 Å². The maximum Gasteiger partial charge on any atom is 0.341 e. The molecule has 1 atom stereocenters. The predicted molar refractivity (Wildman–Crippen MR) is 123 cm³/mol. The molecule has 1 saturated carbocycles. The highest BCUT2D eigenvalue weighted by Crippen LogP contribution is 2.41. The van der Waals surface area contributed by atoms with E-state index in [1.807, 2.05) is 55.5 Å². The summed E-state index contributed by atoms with van der Waals surface area (Å²) in [6.07, 6.45) is 3.64. The van der Waals surface area contributed by atoms with Gasteiger partial charge in [-0.25, -0.2) is 4.79 Å². The van der Waals surface area contributed by atoms with Crippen molar-refractivity contribution in [3.8, 4) is 5.75 Å². The van der Waals surface area contributed by atoms with Crippen LogP contribution in [0, 0.1) is 5.92 Å². The summed E-state index contributed by atoms with van der Waals surface area (Å²) in [7, 11) is 3.01. The SMILES string of the molecule is CCOC=C(C(=O)OC)c1ccccc1C(S)C(=Nc1ccc(OC)cc1)C1CC1. The van der Waals surface area contributed by atoms with Gasteiger partial charge in [-0.3, -0.25) is 4.99 Å². The number of rotatable bonds is 9. The fraction of sp³-hybridized carbons (Fsp3) is 0.333. The Morgan fingerprint density at radius 3 is 2.47 bits per heavy atom. The van der Waals surface area contributed by atoms with Crippen molar-refractivity contribution < 1.29 is 19.0 Å². The molecule has 30 heavy (non-hydrogen) atoms. The molecule has 158 valence electrons. The van der Waals surface area contributed by atoms with Crippen molar-refractivity contribution in [2.24, 2.45) is 10.9 Å². The number of thiol groups is 1. The van der Waals surface area contributed by atoms with Crippen LogP contribution in [0.2, 0.25) is 0 Å². The summed E-state index contributed by atoms with van der Waals surface area (Å²) < 4.78 is 15.6. The fourth-order valence-corrected chi connectivity index (χ4v) is 3.69. The van der Waals surface area contributed by atoms with Gasteiger partial charge in [-0.1, -0.05) is 24.3 Å². The van der Waals surface area contributed by atoms with E-state index >= 15 is 0 Å². The minimum absolute atomic E-state index is 0.259. The summed E-state index contributed by atoms with van der Waals surface area (Å²) in [6.45, 7) is 2.32. The van der Waals surface area contributed by atoms with Gasteiger partial charge in [-0.2, -0.15) is 12.6 Å². The Hall–Kier alpha value is -2.73. The third-order valence-electron chi connectivity index (χ3n) is 4.93. The minimum Gasteiger partial charge on any atom is -0.501 e. The Bertz CT molecular complexity index is 932. The number of hydrogen-bond donors (Lipinski definition) is 1. The Labute approximate surface area is 183 Å². The Morgan fingerprint density at radius 2 is 1.87 bits per heavy atom. The smallest absolute Gasteiger partial charge is 0.341 e. The molecule has 2 aromatic rings. The molecular weight excluding hydrogens is 398 g/mol. The van der Waals surface area contributed by atoms with Crippen molar-refractivity contribution in [2.75, 3.05) is 20.8 Å². The third-order valence-corrected chi connectivity index (χ3v) is 5.47. The van der Waals surface area contributed by atoms with Crippen LogP contribution in [0.5, 0.6) is 5.75 Å². The highest BCUT2D eigenvalue weighted by molar-refractivity contribution is 7.81. The first kappa shape index (κ1) is 22.0. The van der Waals surface area contributed by atoms with Gasteiger partial charge in [0.2, 0.25) is 0 Å². The number of nitrogens with zero attached hydrogens (tertiary/aromatic N) is 1. The van der Waals surface area contributed by atoms with E-state index in [0.29, 0.717) is 18.1 Å². The number of benzene rings is 2. The second kappa shape index (κ2) is 10.3. The normalized spacial score (nSPS) is 15.5. The van der Waals surface area contributed by atoms with Crippen LogP contribution in [0.3, 0.4) is 0 Å². The molecule has 0 bridgehead atoms. The van der Waals surface area contributed by atoms with Gasteiger partial charge in [0.25, 0.3) is 0 Å². The molecule has 1 fully saturated rings. The Kier molecular flexibility index (Phi) is 7.57. The van der Waals surface area contributed by atoms with Gasteiger partial charge in [0.1, 0.15) is 11.3 Å². The number of methoxy groups -OCH3 is 2. The lowest BCUT2D eigenvalue weighted by atomic mass is 9.94. The van der Waals surface area contributed by atoms with Gasteiger partial charge in [0.05, 0.1) is 38.0 Å². The van der Waals surface area contributed by atoms with Crippen molar-refractivity contribution in [3.63, 3.8) is 0 Å². The molecule has 0 aromatic heterocycles. The molecule has 0 amide bonds. The molecular formula is C24H27NO4S. The lowest BCUT2D eigenvalue weighted by molar-refractivity contribution is -0.133. The van der Waals surface area contributed by atoms with E-state index in [0.717, 1.165) is 41.1 Å². The molecule has 2 aromatic carbocycles.